The molecule has 2 aliphatic rings. The standard InChI is InChI=1S/C25H25N3O6S/c29-23(17-34-25(30)20-4-1-7-26-24(20)27-8-10-31-11-9-27)28(16-19-3-2-14-35-19)18-5-6-21-22(15-18)33-13-12-32-21/h1-7,14-15H,8-13,16-17H2. The van der Waals surface area contributed by atoms with Crippen LogP contribution in [0.15, 0.2) is 54.0 Å². The van der Waals surface area contributed by atoms with Crippen LogP contribution in [0.2, 0.25) is 0 Å². The molecule has 0 atom stereocenters. The summed E-state index contributed by atoms with van der Waals surface area (Å²) in [6.45, 7) is 3.28. The molecule has 0 bridgehead atoms. The first kappa shape index (κ1) is 23.1. The third-order valence-corrected chi connectivity index (χ3v) is 6.54. The van der Waals surface area contributed by atoms with Crippen molar-refractivity contribution in [2.24, 2.45) is 0 Å². The number of anilines is 2. The Hall–Kier alpha value is -3.63. The number of carbonyl (C=O) groups is 2. The highest BCUT2D eigenvalue weighted by molar-refractivity contribution is 7.09. The van der Waals surface area contributed by atoms with Gasteiger partial charge in [0.2, 0.25) is 0 Å². The maximum atomic E-state index is 13.3. The first-order valence-corrected chi connectivity index (χ1v) is 12.2. The van der Waals surface area contributed by atoms with E-state index in [4.69, 9.17) is 18.9 Å². The van der Waals surface area contributed by atoms with Gasteiger partial charge in [-0.2, -0.15) is 0 Å². The predicted molar refractivity (Wildman–Crippen MR) is 130 cm³/mol. The van der Waals surface area contributed by atoms with Crippen molar-refractivity contribution >= 4 is 34.7 Å². The smallest absolute Gasteiger partial charge is 0.342 e. The van der Waals surface area contributed by atoms with Gasteiger partial charge < -0.3 is 28.7 Å². The van der Waals surface area contributed by atoms with Crippen molar-refractivity contribution in [3.8, 4) is 11.5 Å². The highest BCUT2D eigenvalue weighted by Gasteiger charge is 2.24. The highest BCUT2D eigenvalue weighted by Crippen LogP contribution is 2.35. The number of amides is 1. The van der Waals surface area contributed by atoms with Gasteiger partial charge in [-0.1, -0.05) is 6.07 Å². The number of pyridine rings is 1. The van der Waals surface area contributed by atoms with E-state index in [0.29, 0.717) is 74.6 Å². The fourth-order valence-electron chi connectivity index (χ4n) is 3.95. The van der Waals surface area contributed by atoms with Gasteiger partial charge in [-0.25, -0.2) is 9.78 Å². The Balaban J connectivity index is 1.32. The molecule has 0 saturated carbocycles. The van der Waals surface area contributed by atoms with Crippen LogP contribution < -0.4 is 19.3 Å². The Morgan fingerprint density at radius 1 is 1.03 bits per heavy atom. The number of ether oxygens (including phenoxy) is 4. The van der Waals surface area contributed by atoms with Gasteiger partial charge in [0.15, 0.2) is 18.1 Å². The number of fused-ring (bicyclic) bond motifs is 1. The number of rotatable bonds is 7. The third-order valence-electron chi connectivity index (χ3n) is 5.68. The minimum absolute atomic E-state index is 0.325. The summed E-state index contributed by atoms with van der Waals surface area (Å²) in [6.07, 6.45) is 1.64. The molecule has 182 valence electrons. The van der Waals surface area contributed by atoms with Crippen LogP contribution in [0.5, 0.6) is 11.5 Å². The fourth-order valence-corrected chi connectivity index (χ4v) is 4.64. The molecule has 4 heterocycles. The van der Waals surface area contributed by atoms with Crippen LogP contribution in [0.3, 0.4) is 0 Å². The lowest BCUT2D eigenvalue weighted by molar-refractivity contribution is -0.121. The summed E-state index contributed by atoms with van der Waals surface area (Å²) in [7, 11) is 0. The van der Waals surface area contributed by atoms with Crippen LogP contribution in [-0.2, 0) is 20.8 Å². The van der Waals surface area contributed by atoms with Crippen molar-refractivity contribution in [1.29, 1.82) is 0 Å². The van der Waals surface area contributed by atoms with Crippen molar-refractivity contribution in [3.63, 3.8) is 0 Å². The van der Waals surface area contributed by atoms with Crippen molar-refractivity contribution in [2.45, 2.75) is 6.54 Å². The second-order valence-electron chi connectivity index (χ2n) is 7.94. The van der Waals surface area contributed by atoms with Crippen molar-refractivity contribution in [2.75, 3.05) is 55.9 Å². The lowest BCUT2D eigenvalue weighted by atomic mass is 10.2. The summed E-state index contributed by atoms with van der Waals surface area (Å²) >= 11 is 1.55. The summed E-state index contributed by atoms with van der Waals surface area (Å²) in [5.41, 5.74) is 0.963. The van der Waals surface area contributed by atoms with Gasteiger partial charge >= 0.3 is 5.97 Å². The van der Waals surface area contributed by atoms with E-state index in [9.17, 15) is 9.59 Å². The Labute approximate surface area is 206 Å². The summed E-state index contributed by atoms with van der Waals surface area (Å²) in [5.74, 6) is 0.823. The van der Waals surface area contributed by atoms with Gasteiger partial charge in [-0.15, -0.1) is 11.3 Å². The minimum atomic E-state index is -0.591. The van der Waals surface area contributed by atoms with Gasteiger partial charge in [0.05, 0.1) is 19.8 Å². The molecule has 2 aromatic heterocycles. The zero-order chi connectivity index (χ0) is 24.0. The number of nitrogens with zero attached hydrogens (tertiary/aromatic N) is 3. The molecule has 2 aliphatic heterocycles. The van der Waals surface area contributed by atoms with E-state index in [1.54, 1.807) is 52.8 Å². The fraction of sp³-hybridized carbons (Fsp3) is 0.320. The number of hydrogen-bond donors (Lipinski definition) is 0. The highest BCUT2D eigenvalue weighted by atomic mass is 32.1. The van der Waals surface area contributed by atoms with Gasteiger partial charge in [0, 0.05) is 35.9 Å². The van der Waals surface area contributed by atoms with Crippen molar-refractivity contribution in [1.82, 2.24) is 4.98 Å². The molecule has 0 unspecified atom stereocenters. The van der Waals surface area contributed by atoms with E-state index >= 15 is 0 Å². The Bertz CT molecular complexity index is 1180. The van der Waals surface area contributed by atoms with Crippen LogP contribution in [-0.4, -0.2) is 63.0 Å². The lowest BCUT2D eigenvalue weighted by Crippen LogP contribution is -2.38. The predicted octanol–water partition coefficient (Wildman–Crippen LogP) is 3.14. The van der Waals surface area contributed by atoms with E-state index in [-0.39, 0.29) is 5.91 Å². The molecule has 1 fully saturated rings. The number of benzene rings is 1. The molecule has 10 heteroatoms. The van der Waals surface area contributed by atoms with Crippen molar-refractivity contribution in [3.05, 3.63) is 64.5 Å². The summed E-state index contributed by atoms with van der Waals surface area (Å²) in [4.78, 5) is 35.2. The molecular formula is C25H25N3O6S. The molecule has 1 saturated heterocycles. The zero-order valence-electron chi connectivity index (χ0n) is 19.1. The zero-order valence-corrected chi connectivity index (χ0v) is 19.9. The minimum Gasteiger partial charge on any atom is -0.486 e. The molecule has 3 aromatic rings. The molecule has 1 amide bonds. The second-order valence-corrected chi connectivity index (χ2v) is 8.97. The van der Waals surface area contributed by atoms with E-state index in [1.807, 2.05) is 22.4 Å². The number of morpholine rings is 1. The molecule has 5 rings (SSSR count). The molecule has 0 N–H and O–H groups in total. The molecule has 0 spiro atoms. The molecule has 0 aliphatic carbocycles. The van der Waals surface area contributed by atoms with Crippen LogP contribution in [0.4, 0.5) is 11.5 Å². The molecule has 1 aromatic carbocycles. The SMILES string of the molecule is O=C(OCC(=O)N(Cc1cccs1)c1ccc2c(c1)OCCO2)c1cccnc1N1CCOCC1. The first-order chi connectivity index (χ1) is 17.2. The van der Waals surface area contributed by atoms with Crippen LogP contribution in [0, 0.1) is 0 Å². The number of carbonyl (C=O) groups excluding carboxylic acids is 2. The topological polar surface area (TPSA) is 90.4 Å². The third kappa shape index (κ3) is 5.39. The Morgan fingerprint density at radius 2 is 1.86 bits per heavy atom. The maximum Gasteiger partial charge on any atom is 0.342 e. The molecule has 35 heavy (non-hydrogen) atoms. The van der Waals surface area contributed by atoms with Crippen molar-refractivity contribution < 1.29 is 28.5 Å². The monoisotopic (exact) mass is 495 g/mol. The van der Waals surface area contributed by atoms with E-state index in [0.717, 1.165) is 4.88 Å². The normalized spacial score (nSPS) is 14.9. The van der Waals surface area contributed by atoms with Crippen LogP contribution in [0.25, 0.3) is 0 Å². The Morgan fingerprint density at radius 3 is 2.66 bits per heavy atom. The number of thiophene rings is 1. The van der Waals surface area contributed by atoms with E-state index < -0.39 is 12.6 Å². The lowest BCUT2D eigenvalue weighted by Gasteiger charge is -2.29. The van der Waals surface area contributed by atoms with Crippen LogP contribution >= 0.6 is 11.3 Å². The number of esters is 1. The second kappa shape index (κ2) is 10.7. The molecule has 9 nitrogen and oxygen atoms in total. The largest absolute Gasteiger partial charge is 0.486 e. The van der Waals surface area contributed by atoms with E-state index in [2.05, 4.69) is 4.98 Å². The van der Waals surface area contributed by atoms with E-state index in [1.165, 1.54) is 0 Å². The number of aromatic nitrogens is 1. The quantitative estimate of drug-likeness (QED) is 0.462. The van der Waals surface area contributed by atoms with Gasteiger partial charge in [0.25, 0.3) is 5.91 Å². The first-order valence-electron chi connectivity index (χ1n) is 11.4. The van der Waals surface area contributed by atoms with Gasteiger partial charge in [-0.3, -0.25) is 4.79 Å². The molecule has 0 radical (unpaired) electrons. The Kier molecular flexibility index (Phi) is 7.10. The van der Waals surface area contributed by atoms with Crippen LogP contribution in [0.1, 0.15) is 15.2 Å². The summed E-state index contributed by atoms with van der Waals surface area (Å²) in [5, 5.41) is 1.96. The average Bonchev–Trinajstić information content (AvgIpc) is 3.44. The molecular weight excluding hydrogens is 470 g/mol. The number of hydrogen-bond acceptors (Lipinski definition) is 9. The average molecular weight is 496 g/mol. The van der Waals surface area contributed by atoms with Gasteiger partial charge in [-0.05, 0) is 35.7 Å². The summed E-state index contributed by atoms with van der Waals surface area (Å²) in [6, 6.07) is 12.6. The maximum absolute atomic E-state index is 13.3. The van der Waals surface area contributed by atoms with Gasteiger partial charge in [0.1, 0.15) is 24.6 Å². The summed E-state index contributed by atoms with van der Waals surface area (Å²) < 4.78 is 22.2.